The third-order valence-electron chi connectivity index (χ3n) is 6.47. The van der Waals surface area contributed by atoms with Crippen molar-refractivity contribution in [3.63, 3.8) is 0 Å². The molecule has 0 radical (unpaired) electrons. The number of para-hydroxylation sites is 3. The average molecular weight is 485 g/mol. The number of furan rings is 1. The predicted octanol–water partition coefficient (Wildman–Crippen LogP) is 5.64. The summed E-state index contributed by atoms with van der Waals surface area (Å²) in [4.78, 5) is 16.8. The van der Waals surface area contributed by atoms with Gasteiger partial charge in [0.05, 0.1) is 20.8 Å². The van der Waals surface area contributed by atoms with Crippen LogP contribution >= 0.6 is 0 Å². The minimum absolute atomic E-state index is 0.217. The number of hydrogen-bond acceptors (Lipinski definition) is 5. The van der Waals surface area contributed by atoms with Gasteiger partial charge in [-0.1, -0.05) is 48.5 Å². The van der Waals surface area contributed by atoms with E-state index < -0.39 is 0 Å². The van der Waals surface area contributed by atoms with Crippen LogP contribution in [0.3, 0.4) is 0 Å². The molecule has 1 amide bonds. The van der Waals surface area contributed by atoms with Crippen LogP contribution < -0.4 is 14.8 Å². The second-order valence-electron chi connectivity index (χ2n) is 8.47. The summed E-state index contributed by atoms with van der Waals surface area (Å²) in [6.07, 6.45) is 1.98. The highest BCUT2D eigenvalue weighted by molar-refractivity contribution is 5.99. The fourth-order valence-electron chi connectivity index (χ4n) is 4.80. The Morgan fingerprint density at radius 3 is 2.47 bits per heavy atom. The Morgan fingerprint density at radius 1 is 0.917 bits per heavy atom. The molecule has 184 valence electrons. The van der Waals surface area contributed by atoms with Crippen LogP contribution in [0.5, 0.6) is 11.5 Å². The summed E-state index contributed by atoms with van der Waals surface area (Å²) in [5.74, 6) is 1.00. The summed E-state index contributed by atoms with van der Waals surface area (Å²) in [5.41, 5.74) is 4.35. The zero-order chi connectivity index (χ0) is 25.1. The number of nitrogens with one attached hydrogen (secondary N) is 2. The van der Waals surface area contributed by atoms with E-state index in [0.29, 0.717) is 23.6 Å². The smallest absolute Gasteiger partial charge is 0.287 e. The maximum atomic E-state index is 13.4. The highest BCUT2D eigenvalue weighted by Gasteiger charge is 2.26. The zero-order valence-electron chi connectivity index (χ0n) is 20.5. The third kappa shape index (κ3) is 4.18. The fraction of sp³-hybridized carbons (Fsp3) is 0.207. The lowest BCUT2D eigenvalue weighted by molar-refractivity contribution is 0.0920. The quantitative estimate of drug-likeness (QED) is 0.283. The number of aromatic nitrogens is 1. The van der Waals surface area contributed by atoms with Crippen LogP contribution in [0.25, 0.3) is 21.9 Å². The topological polar surface area (TPSA) is 85.7 Å². The van der Waals surface area contributed by atoms with E-state index in [4.69, 9.17) is 18.6 Å². The molecule has 5 rings (SSSR count). The van der Waals surface area contributed by atoms with Gasteiger partial charge in [0.1, 0.15) is 5.58 Å². The number of methoxy groups -OCH3 is 3. The highest BCUT2D eigenvalue weighted by Crippen LogP contribution is 2.40. The van der Waals surface area contributed by atoms with E-state index in [1.54, 1.807) is 21.3 Å². The van der Waals surface area contributed by atoms with E-state index >= 15 is 0 Å². The Kier molecular flexibility index (Phi) is 6.64. The number of aromatic amines is 1. The molecule has 7 nitrogen and oxygen atoms in total. The van der Waals surface area contributed by atoms with Gasteiger partial charge in [-0.25, -0.2) is 0 Å². The van der Waals surface area contributed by atoms with E-state index in [1.807, 2.05) is 66.9 Å². The molecule has 2 aromatic heterocycles. The first-order valence-corrected chi connectivity index (χ1v) is 11.7. The number of carbonyl (C=O) groups excluding carboxylic acids is 1. The minimum Gasteiger partial charge on any atom is -0.493 e. The molecule has 0 bridgehead atoms. The molecule has 0 spiro atoms. The molecule has 3 aromatic carbocycles. The van der Waals surface area contributed by atoms with Crippen LogP contribution in [0.15, 0.2) is 77.3 Å². The summed E-state index contributed by atoms with van der Waals surface area (Å²) in [5, 5.41) is 5.04. The standard InChI is InChI=1S/C29H28N2O5/c1-33-17-23-19-10-5-7-13-25(19)36-28(23)29(32)31-16-22(20-11-8-14-26(34-2)27(20)35-3)21-15-30-24-12-6-4-9-18(21)24/h4-15,22,30H,16-17H2,1-3H3,(H,31,32). The molecule has 1 unspecified atom stereocenters. The number of amides is 1. The molecule has 7 heteroatoms. The van der Waals surface area contributed by atoms with Gasteiger partial charge in [-0.05, 0) is 23.8 Å². The van der Waals surface area contributed by atoms with Crippen molar-refractivity contribution in [2.24, 2.45) is 0 Å². The summed E-state index contributed by atoms with van der Waals surface area (Å²) in [6.45, 7) is 0.586. The summed E-state index contributed by atoms with van der Waals surface area (Å²) in [6, 6.07) is 21.5. The van der Waals surface area contributed by atoms with Gasteiger partial charge >= 0.3 is 0 Å². The number of hydrogen-bond donors (Lipinski definition) is 2. The number of benzene rings is 3. The van der Waals surface area contributed by atoms with Crippen molar-refractivity contribution in [3.05, 3.63) is 95.4 Å². The highest BCUT2D eigenvalue weighted by atomic mass is 16.5. The van der Waals surface area contributed by atoms with Crippen molar-refractivity contribution >= 4 is 27.8 Å². The Labute approximate surface area is 209 Å². The molecule has 0 aliphatic carbocycles. The van der Waals surface area contributed by atoms with Crippen molar-refractivity contribution in [3.8, 4) is 11.5 Å². The summed E-state index contributed by atoms with van der Waals surface area (Å²) < 4.78 is 22.6. The Morgan fingerprint density at radius 2 is 1.69 bits per heavy atom. The summed E-state index contributed by atoms with van der Waals surface area (Å²) in [7, 11) is 4.84. The molecule has 36 heavy (non-hydrogen) atoms. The largest absolute Gasteiger partial charge is 0.493 e. The number of carbonyl (C=O) groups is 1. The normalized spacial score (nSPS) is 12.1. The van der Waals surface area contributed by atoms with Gasteiger partial charge in [-0.15, -0.1) is 0 Å². The van der Waals surface area contributed by atoms with E-state index in [1.165, 1.54) is 0 Å². The van der Waals surface area contributed by atoms with Gasteiger partial charge in [0.25, 0.3) is 5.91 Å². The average Bonchev–Trinajstić information content (AvgIpc) is 3.51. The van der Waals surface area contributed by atoms with Gasteiger partial charge in [0, 0.05) is 53.2 Å². The number of rotatable bonds is 9. The number of fused-ring (bicyclic) bond motifs is 2. The van der Waals surface area contributed by atoms with Crippen molar-refractivity contribution < 1.29 is 23.4 Å². The maximum Gasteiger partial charge on any atom is 0.287 e. The first kappa shape index (κ1) is 23.5. The molecule has 2 heterocycles. The molecule has 2 N–H and O–H groups in total. The van der Waals surface area contributed by atoms with E-state index in [0.717, 1.165) is 33.0 Å². The van der Waals surface area contributed by atoms with Gasteiger partial charge in [-0.3, -0.25) is 4.79 Å². The van der Waals surface area contributed by atoms with Gasteiger partial charge in [0.2, 0.25) is 0 Å². The number of ether oxygens (including phenoxy) is 3. The first-order chi connectivity index (χ1) is 17.7. The van der Waals surface area contributed by atoms with Crippen LogP contribution in [-0.4, -0.2) is 38.8 Å². The van der Waals surface area contributed by atoms with Crippen LogP contribution in [0.2, 0.25) is 0 Å². The molecule has 0 aliphatic heterocycles. The molecular weight excluding hydrogens is 456 g/mol. The zero-order valence-corrected chi connectivity index (χ0v) is 20.5. The summed E-state index contributed by atoms with van der Waals surface area (Å²) >= 11 is 0. The lowest BCUT2D eigenvalue weighted by atomic mass is 9.89. The first-order valence-electron chi connectivity index (χ1n) is 11.7. The van der Waals surface area contributed by atoms with Crippen molar-refractivity contribution in [1.29, 1.82) is 0 Å². The third-order valence-corrected chi connectivity index (χ3v) is 6.47. The van der Waals surface area contributed by atoms with Crippen molar-refractivity contribution in [1.82, 2.24) is 10.3 Å². The Balaban J connectivity index is 1.54. The van der Waals surface area contributed by atoms with E-state index in [2.05, 4.69) is 16.4 Å². The van der Waals surface area contributed by atoms with Gasteiger partial charge < -0.3 is 28.9 Å². The maximum absolute atomic E-state index is 13.4. The molecule has 5 aromatic rings. The van der Waals surface area contributed by atoms with Crippen LogP contribution in [0.1, 0.15) is 33.2 Å². The van der Waals surface area contributed by atoms with Crippen LogP contribution in [0, 0.1) is 0 Å². The monoisotopic (exact) mass is 484 g/mol. The Hall–Kier alpha value is -4.23. The van der Waals surface area contributed by atoms with Gasteiger partial charge in [0.15, 0.2) is 17.3 Å². The molecule has 0 saturated carbocycles. The molecule has 0 fully saturated rings. The molecule has 0 aliphatic rings. The minimum atomic E-state index is -0.301. The predicted molar refractivity (Wildman–Crippen MR) is 139 cm³/mol. The van der Waals surface area contributed by atoms with Crippen LogP contribution in [-0.2, 0) is 11.3 Å². The molecular formula is C29H28N2O5. The fourth-order valence-corrected chi connectivity index (χ4v) is 4.80. The Bertz CT molecular complexity index is 1520. The SMILES string of the molecule is COCc1c(C(=O)NCC(c2cccc(OC)c2OC)c2c[nH]c3ccccc23)oc2ccccc12. The van der Waals surface area contributed by atoms with Crippen molar-refractivity contribution in [2.75, 3.05) is 27.9 Å². The van der Waals surface area contributed by atoms with E-state index in [9.17, 15) is 4.79 Å². The van der Waals surface area contributed by atoms with Gasteiger partial charge in [-0.2, -0.15) is 0 Å². The van der Waals surface area contributed by atoms with E-state index in [-0.39, 0.29) is 24.2 Å². The number of H-pyrrole nitrogens is 1. The second-order valence-corrected chi connectivity index (χ2v) is 8.47. The molecule has 0 saturated heterocycles. The van der Waals surface area contributed by atoms with Crippen molar-refractivity contribution in [2.45, 2.75) is 12.5 Å². The lowest BCUT2D eigenvalue weighted by Gasteiger charge is -2.22. The lowest BCUT2D eigenvalue weighted by Crippen LogP contribution is -2.29. The second kappa shape index (κ2) is 10.2. The van der Waals surface area contributed by atoms with Crippen LogP contribution in [0.4, 0.5) is 0 Å². The molecule has 1 atom stereocenters.